The SMILES string of the molecule is C[C@@H](c1ccccc1)N1CC2CCO[C@]2(CN)C1. The number of benzene rings is 1. The van der Waals surface area contributed by atoms with Crippen LogP contribution in [0.25, 0.3) is 0 Å². The topological polar surface area (TPSA) is 38.5 Å². The number of rotatable bonds is 3. The lowest BCUT2D eigenvalue weighted by Crippen LogP contribution is -2.44. The average molecular weight is 246 g/mol. The molecule has 0 aliphatic carbocycles. The second-order valence-electron chi connectivity index (χ2n) is 5.62. The molecule has 2 N–H and O–H groups in total. The summed E-state index contributed by atoms with van der Waals surface area (Å²) in [5.41, 5.74) is 7.27. The molecule has 2 fully saturated rings. The van der Waals surface area contributed by atoms with E-state index in [0.717, 1.165) is 26.1 Å². The Morgan fingerprint density at radius 2 is 2.22 bits per heavy atom. The highest BCUT2D eigenvalue weighted by molar-refractivity contribution is 5.19. The van der Waals surface area contributed by atoms with Crippen molar-refractivity contribution in [2.75, 3.05) is 26.2 Å². The zero-order chi connectivity index (χ0) is 12.6. The Labute approximate surface area is 109 Å². The van der Waals surface area contributed by atoms with Crippen LogP contribution >= 0.6 is 0 Å². The first-order chi connectivity index (χ1) is 8.75. The number of likely N-dealkylation sites (tertiary alicyclic amines) is 1. The molecule has 3 nitrogen and oxygen atoms in total. The van der Waals surface area contributed by atoms with Crippen molar-refractivity contribution in [3.8, 4) is 0 Å². The molecule has 18 heavy (non-hydrogen) atoms. The van der Waals surface area contributed by atoms with E-state index in [4.69, 9.17) is 10.5 Å². The van der Waals surface area contributed by atoms with Gasteiger partial charge < -0.3 is 10.5 Å². The standard InChI is InChI=1S/C15H22N2O/c1-12(13-5-3-2-4-6-13)17-9-14-7-8-18-15(14,10-16)11-17/h2-6,12,14H,7-11,16H2,1H3/t12-,14?,15+/m0/s1. The highest BCUT2D eigenvalue weighted by Gasteiger charge is 2.50. The number of nitrogens with two attached hydrogens (primary N) is 1. The van der Waals surface area contributed by atoms with Crippen LogP contribution in [0.3, 0.4) is 0 Å². The van der Waals surface area contributed by atoms with Gasteiger partial charge in [-0.3, -0.25) is 4.90 Å². The summed E-state index contributed by atoms with van der Waals surface area (Å²) in [5, 5.41) is 0. The van der Waals surface area contributed by atoms with E-state index < -0.39 is 0 Å². The Balaban J connectivity index is 1.76. The Kier molecular flexibility index (Phi) is 3.14. The molecule has 3 rings (SSSR count). The van der Waals surface area contributed by atoms with Crippen molar-refractivity contribution in [3.05, 3.63) is 35.9 Å². The lowest BCUT2D eigenvalue weighted by atomic mass is 9.91. The van der Waals surface area contributed by atoms with Gasteiger partial charge in [0.15, 0.2) is 0 Å². The molecular formula is C15H22N2O. The van der Waals surface area contributed by atoms with Crippen LogP contribution in [0.15, 0.2) is 30.3 Å². The van der Waals surface area contributed by atoms with Crippen LogP contribution in [-0.4, -0.2) is 36.7 Å². The number of ether oxygens (including phenoxy) is 1. The van der Waals surface area contributed by atoms with Gasteiger partial charge in [-0.05, 0) is 18.9 Å². The predicted octanol–water partition coefficient (Wildman–Crippen LogP) is 1.80. The van der Waals surface area contributed by atoms with Gasteiger partial charge in [0.05, 0.1) is 5.60 Å². The summed E-state index contributed by atoms with van der Waals surface area (Å²) in [5.74, 6) is 0.619. The molecule has 0 aromatic heterocycles. The molecule has 2 aliphatic rings. The van der Waals surface area contributed by atoms with Crippen LogP contribution in [0.2, 0.25) is 0 Å². The minimum Gasteiger partial charge on any atom is -0.372 e. The van der Waals surface area contributed by atoms with E-state index in [1.165, 1.54) is 5.56 Å². The molecule has 0 spiro atoms. The normalized spacial score (nSPS) is 33.6. The van der Waals surface area contributed by atoms with Crippen molar-refractivity contribution < 1.29 is 4.74 Å². The van der Waals surface area contributed by atoms with Crippen LogP contribution in [0.1, 0.15) is 24.9 Å². The summed E-state index contributed by atoms with van der Waals surface area (Å²) < 4.78 is 5.96. The second kappa shape index (κ2) is 4.65. The van der Waals surface area contributed by atoms with E-state index in [0.29, 0.717) is 18.5 Å². The van der Waals surface area contributed by atoms with Gasteiger partial charge in [-0.15, -0.1) is 0 Å². The van der Waals surface area contributed by atoms with Crippen LogP contribution in [0.5, 0.6) is 0 Å². The van der Waals surface area contributed by atoms with Crippen LogP contribution < -0.4 is 5.73 Å². The minimum absolute atomic E-state index is 0.0664. The van der Waals surface area contributed by atoms with E-state index in [9.17, 15) is 0 Å². The van der Waals surface area contributed by atoms with Gasteiger partial charge in [-0.25, -0.2) is 0 Å². The molecule has 2 heterocycles. The Morgan fingerprint density at radius 3 is 2.89 bits per heavy atom. The second-order valence-corrected chi connectivity index (χ2v) is 5.62. The molecule has 1 aromatic carbocycles. The van der Waals surface area contributed by atoms with E-state index in [2.05, 4.69) is 42.2 Å². The van der Waals surface area contributed by atoms with Gasteiger partial charge in [-0.2, -0.15) is 0 Å². The molecular weight excluding hydrogens is 224 g/mol. The highest BCUT2D eigenvalue weighted by Crippen LogP contribution is 2.41. The van der Waals surface area contributed by atoms with Gasteiger partial charge in [-0.1, -0.05) is 30.3 Å². The fraction of sp³-hybridized carbons (Fsp3) is 0.600. The third-order valence-electron chi connectivity index (χ3n) is 4.70. The number of fused-ring (bicyclic) bond motifs is 1. The van der Waals surface area contributed by atoms with Crippen molar-refractivity contribution in [2.45, 2.75) is 25.0 Å². The van der Waals surface area contributed by atoms with Crippen molar-refractivity contribution in [1.29, 1.82) is 0 Å². The third-order valence-corrected chi connectivity index (χ3v) is 4.70. The first-order valence-electron chi connectivity index (χ1n) is 6.88. The molecule has 0 radical (unpaired) electrons. The van der Waals surface area contributed by atoms with E-state index >= 15 is 0 Å². The van der Waals surface area contributed by atoms with Gasteiger partial charge in [0.1, 0.15) is 0 Å². The van der Waals surface area contributed by atoms with Gasteiger partial charge >= 0.3 is 0 Å². The maximum Gasteiger partial charge on any atom is 0.0971 e. The van der Waals surface area contributed by atoms with Crippen molar-refractivity contribution in [3.63, 3.8) is 0 Å². The fourth-order valence-corrected chi connectivity index (χ4v) is 3.44. The Morgan fingerprint density at radius 1 is 1.44 bits per heavy atom. The molecule has 1 unspecified atom stereocenters. The summed E-state index contributed by atoms with van der Waals surface area (Å²) in [6.07, 6.45) is 1.16. The van der Waals surface area contributed by atoms with Gasteiger partial charge in [0, 0.05) is 38.2 Å². The quantitative estimate of drug-likeness (QED) is 0.884. The molecule has 98 valence electrons. The van der Waals surface area contributed by atoms with Crippen molar-refractivity contribution in [1.82, 2.24) is 4.90 Å². The number of hydrogen-bond donors (Lipinski definition) is 1. The van der Waals surface area contributed by atoms with Crippen LogP contribution in [0, 0.1) is 5.92 Å². The lowest BCUT2D eigenvalue weighted by molar-refractivity contribution is -0.000842. The van der Waals surface area contributed by atoms with E-state index in [1.54, 1.807) is 0 Å². The monoisotopic (exact) mass is 246 g/mol. The molecule has 0 saturated carbocycles. The molecule has 3 heteroatoms. The zero-order valence-electron chi connectivity index (χ0n) is 11.0. The third kappa shape index (κ3) is 1.87. The molecule has 0 bridgehead atoms. The minimum atomic E-state index is -0.0664. The highest BCUT2D eigenvalue weighted by atomic mass is 16.5. The van der Waals surface area contributed by atoms with Crippen molar-refractivity contribution >= 4 is 0 Å². The maximum absolute atomic E-state index is 5.96. The lowest BCUT2D eigenvalue weighted by Gasteiger charge is -2.29. The average Bonchev–Trinajstić information content (AvgIpc) is 2.95. The summed E-state index contributed by atoms with van der Waals surface area (Å²) >= 11 is 0. The number of nitrogens with zero attached hydrogens (tertiary/aromatic N) is 1. The summed E-state index contributed by atoms with van der Waals surface area (Å²) in [7, 11) is 0. The molecule has 0 amide bonds. The zero-order valence-corrected chi connectivity index (χ0v) is 11.0. The van der Waals surface area contributed by atoms with Gasteiger partial charge in [0.2, 0.25) is 0 Å². The maximum atomic E-state index is 5.96. The molecule has 2 saturated heterocycles. The Hall–Kier alpha value is -0.900. The predicted molar refractivity (Wildman–Crippen MR) is 72.3 cm³/mol. The fourth-order valence-electron chi connectivity index (χ4n) is 3.44. The summed E-state index contributed by atoms with van der Waals surface area (Å²) in [6.45, 7) is 5.91. The first kappa shape index (κ1) is 12.2. The van der Waals surface area contributed by atoms with E-state index in [1.807, 2.05) is 0 Å². The summed E-state index contributed by atoms with van der Waals surface area (Å²) in [4.78, 5) is 2.52. The van der Waals surface area contributed by atoms with Crippen LogP contribution in [-0.2, 0) is 4.74 Å². The van der Waals surface area contributed by atoms with E-state index in [-0.39, 0.29) is 5.60 Å². The molecule has 2 aliphatic heterocycles. The Bertz CT molecular complexity index is 408. The molecule has 3 atom stereocenters. The first-order valence-corrected chi connectivity index (χ1v) is 6.88. The van der Waals surface area contributed by atoms with Gasteiger partial charge in [0.25, 0.3) is 0 Å². The van der Waals surface area contributed by atoms with Crippen molar-refractivity contribution in [2.24, 2.45) is 11.7 Å². The number of hydrogen-bond acceptors (Lipinski definition) is 3. The molecule has 1 aromatic rings. The smallest absolute Gasteiger partial charge is 0.0971 e. The largest absolute Gasteiger partial charge is 0.372 e. The van der Waals surface area contributed by atoms with Crippen LogP contribution in [0.4, 0.5) is 0 Å². The summed E-state index contributed by atoms with van der Waals surface area (Å²) in [6, 6.07) is 11.1.